The first kappa shape index (κ1) is 33.0. The Balaban J connectivity index is 1.40. The number of aromatic nitrogens is 2. The van der Waals surface area contributed by atoms with Crippen LogP contribution in [0.2, 0.25) is 0 Å². The first-order valence-corrected chi connectivity index (χ1v) is 16.4. The molecule has 0 saturated carbocycles. The molecule has 3 aromatic rings. The van der Waals surface area contributed by atoms with Crippen LogP contribution in [0, 0.1) is 11.8 Å². The van der Waals surface area contributed by atoms with Crippen molar-refractivity contribution in [3.63, 3.8) is 0 Å². The minimum atomic E-state index is -0.580. The molecule has 0 bridgehead atoms. The maximum atomic E-state index is 13.4. The van der Waals surface area contributed by atoms with Crippen LogP contribution in [-0.4, -0.2) is 39.0 Å². The Bertz CT molecular complexity index is 1720. The van der Waals surface area contributed by atoms with Crippen molar-refractivity contribution in [2.75, 3.05) is 0 Å². The van der Waals surface area contributed by atoms with Gasteiger partial charge in [0.2, 0.25) is 5.91 Å². The minimum absolute atomic E-state index is 0.216. The largest absolute Gasteiger partial charge is 0.456 e. The van der Waals surface area contributed by atoms with Crippen molar-refractivity contribution in [1.29, 1.82) is 0 Å². The summed E-state index contributed by atoms with van der Waals surface area (Å²) >= 11 is 0. The summed E-state index contributed by atoms with van der Waals surface area (Å²) in [5, 5.41) is 0. The van der Waals surface area contributed by atoms with Gasteiger partial charge < -0.3 is 14.1 Å². The Kier molecular flexibility index (Phi) is 10.00. The van der Waals surface area contributed by atoms with Crippen LogP contribution in [0.1, 0.15) is 100 Å². The highest BCUT2D eigenvalue weighted by molar-refractivity contribution is 6.08. The van der Waals surface area contributed by atoms with E-state index in [2.05, 4.69) is 28.6 Å². The Labute approximate surface area is 272 Å². The van der Waals surface area contributed by atoms with Gasteiger partial charge >= 0.3 is 5.97 Å². The second-order valence-electron chi connectivity index (χ2n) is 13.6. The monoisotopic (exact) mass is 619 g/mol. The number of aryl methyl sites for hydroxylation is 1. The summed E-state index contributed by atoms with van der Waals surface area (Å²) in [4.78, 5) is 47.7. The molecule has 46 heavy (non-hydrogen) atoms. The topological polar surface area (TPSA) is 90.6 Å². The molecule has 240 valence electrons. The Morgan fingerprint density at radius 3 is 2.43 bits per heavy atom. The number of aldehydes is 1. The second-order valence-corrected chi connectivity index (χ2v) is 13.6. The lowest BCUT2D eigenvalue weighted by Crippen LogP contribution is -2.29. The van der Waals surface area contributed by atoms with Crippen LogP contribution < -0.4 is 0 Å². The van der Waals surface area contributed by atoms with E-state index < -0.39 is 11.5 Å². The number of nitrogens with zero attached hydrogens (tertiary/aromatic N) is 3. The quantitative estimate of drug-likeness (QED) is 0.138. The molecule has 1 heterocycles. The number of hydrogen-bond donors (Lipinski definition) is 0. The molecule has 0 saturated heterocycles. The number of allylic oxidation sites excluding steroid dienone is 3. The molecule has 7 heteroatoms. The highest BCUT2D eigenvalue weighted by Crippen LogP contribution is 2.34. The third kappa shape index (κ3) is 7.52. The normalized spacial score (nSPS) is 18.9. The number of esters is 1. The Hall–Kier alpha value is -4.39. The number of amides is 1. The van der Waals surface area contributed by atoms with Gasteiger partial charge in [-0.05, 0) is 88.8 Å². The van der Waals surface area contributed by atoms with Crippen LogP contribution in [0.15, 0.2) is 70.7 Å². The predicted molar refractivity (Wildman–Crippen MR) is 183 cm³/mol. The number of ether oxygens (including phenoxy) is 1. The zero-order chi connectivity index (χ0) is 33.0. The average molecular weight is 620 g/mol. The Morgan fingerprint density at radius 2 is 1.74 bits per heavy atom. The average Bonchev–Trinajstić information content (AvgIpc) is 3.36. The standard InChI is InChI=1S/C39H45N3O4/c1-7-8-13-36-41-34-19-18-30(40-37(44)33-21-26(3)25(2)20-29(33)24-43)22-35(34)42(36)23-27-14-16-28(17-15-27)31-11-9-10-12-32(31)38(45)46-39(4,5)6/h9-12,14-19,24,29,33H,7-8,13,20-23H2,1-6H3. The number of carbonyl (C=O) groups is 3. The van der Waals surface area contributed by atoms with E-state index in [-0.39, 0.29) is 17.8 Å². The van der Waals surface area contributed by atoms with Crippen molar-refractivity contribution in [3.05, 3.63) is 94.1 Å². The fourth-order valence-corrected chi connectivity index (χ4v) is 6.25. The van der Waals surface area contributed by atoms with Gasteiger partial charge in [-0.2, -0.15) is 0 Å². The van der Waals surface area contributed by atoms with Gasteiger partial charge in [-0.1, -0.05) is 67.0 Å². The highest BCUT2D eigenvalue weighted by Gasteiger charge is 2.33. The molecule has 0 aliphatic heterocycles. The summed E-state index contributed by atoms with van der Waals surface area (Å²) in [6.45, 7) is 12.5. The number of hydrogen-bond acceptors (Lipinski definition) is 5. The van der Waals surface area contributed by atoms with Gasteiger partial charge in [-0.15, -0.1) is 0 Å². The molecule has 2 aliphatic rings. The molecule has 7 nitrogen and oxygen atoms in total. The van der Waals surface area contributed by atoms with E-state index in [4.69, 9.17) is 9.72 Å². The smallest absolute Gasteiger partial charge is 0.339 e. The molecule has 0 N–H and O–H groups in total. The number of imidazole rings is 1. The van der Waals surface area contributed by atoms with Crippen LogP contribution in [0.25, 0.3) is 17.2 Å². The van der Waals surface area contributed by atoms with Gasteiger partial charge in [-0.3, -0.25) is 4.79 Å². The van der Waals surface area contributed by atoms with Crippen molar-refractivity contribution >= 4 is 30.0 Å². The van der Waals surface area contributed by atoms with E-state index >= 15 is 0 Å². The molecule has 2 aromatic carbocycles. The van der Waals surface area contributed by atoms with E-state index in [0.29, 0.717) is 37.1 Å². The number of carbonyl (C=O) groups excluding carboxylic acids is 3. The van der Waals surface area contributed by atoms with E-state index in [1.807, 2.05) is 77.1 Å². The van der Waals surface area contributed by atoms with E-state index in [1.54, 1.807) is 6.07 Å². The molecular weight excluding hydrogens is 574 g/mol. The SMILES string of the molecule is CCCCc1nc2c(n1Cc1ccc(-c3ccccc3C(=O)OC(C)(C)C)cc1)CC(=NC(=O)C1CC(C)=C(C)CC1C=O)C=C2. The van der Waals surface area contributed by atoms with Crippen molar-refractivity contribution in [1.82, 2.24) is 9.55 Å². The van der Waals surface area contributed by atoms with Crippen LogP contribution >= 0.6 is 0 Å². The van der Waals surface area contributed by atoms with Crippen LogP contribution in [0.3, 0.4) is 0 Å². The van der Waals surface area contributed by atoms with Crippen molar-refractivity contribution in [3.8, 4) is 11.1 Å². The maximum absolute atomic E-state index is 13.4. The first-order valence-electron chi connectivity index (χ1n) is 16.4. The fraction of sp³-hybridized carbons (Fsp3) is 0.410. The number of fused-ring (bicyclic) bond motifs is 1. The summed E-state index contributed by atoms with van der Waals surface area (Å²) in [5.74, 6) is -0.269. The molecule has 0 fully saturated rings. The number of rotatable bonds is 9. The summed E-state index contributed by atoms with van der Waals surface area (Å²) in [6, 6.07) is 15.8. The van der Waals surface area contributed by atoms with Crippen LogP contribution in [0.4, 0.5) is 0 Å². The van der Waals surface area contributed by atoms with Crippen molar-refractivity contribution < 1.29 is 19.1 Å². The third-order valence-corrected chi connectivity index (χ3v) is 8.93. The summed E-state index contributed by atoms with van der Waals surface area (Å²) < 4.78 is 7.93. The lowest BCUT2D eigenvalue weighted by atomic mass is 9.77. The van der Waals surface area contributed by atoms with Crippen LogP contribution in [-0.2, 0) is 33.7 Å². The Morgan fingerprint density at radius 1 is 1.02 bits per heavy atom. The van der Waals surface area contributed by atoms with Crippen molar-refractivity contribution in [2.45, 2.75) is 92.2 Å². The molecular formula is C39H45N3O4. The predicted octanol–water partition coefficient (Wildman–Crippen LogP) is 7.99. The summed E-state index contributed by atoms with van der Waals surface area (Å²) in [5.41, 5.74) is 7.87. The molecule has 0 spiro atoms. The zero-order valence-corrected chi connectivity index (χ0v) is 27.9. The van der Waals surface area contributed by atoms with Crippen LogP contribution in [0.5, 0.6) is 0 Å². The first-order chi connectivity index (χ1) is 22.0. The number of benzene rings is 2. The highest BCUT2D eigenvalue weighted by atomic mass is 16.6. The summed E-state index contributed by atoms with van der Waals surface area (Å²) in [6.07, 6.45) is 9.43. The van der Waals surface area contributed by atoms with E-state index in [9.17, 15) is 14.4 Å². The number of aliphatic imine (C=N–C) groups is 1. The van der Waals surface area contributed by atoms with Crippen molar-refractivity contribution in [2.24, 2.45) is 16.8 Å². The van der Waals surface area contributed by atoms with Gasteiger partial charge in [0, 0.05) is 25.3 Å². The van der Waals surface area contributed by atoms with Gasteiger partial charge in [0.1, 0.15) is 17.7 Å². The molecule has 0 radical (unpaired) electrons. The lowest BCUT2D eigenvalue weighted by Gasteiger charge is -2.27. The van der Waals surface area contributed by atoms with E-state index in [1.165, 1.54) is 11.1 Å². The van der Waals surface area contributed by atoms with Gasteiger partial charge in [0.25, 0.3) is 0 Å². The molecule has 2 aliphatic carbocycles. The van der Waals surface area contributed by atoms with E-state index in [0.717, 1.165) is 59.5 Å². The number of unbranched alkanes of at least 4 members (excludes halogenated alkanes) is 1. The molecule has 5 rings (SSSR count). The third-order valence-electron chi connectivity index (χ3n) is 8.93. The maximum Gasteiger partial charge on any atom is 0.339 e. The minimum Gasteiger partial charge on any atom is -0.456 e. The molecule has 2 atom stereocenters. The molecule has 1 aromatic heterocycles. The molecule has 2 unspecified atom stereocenters. The zero-order valence-electron chi connectivity index (χ0n) is 27.9. The van der Waals surface area contributed by atoms with Gasteiger partial charge in [-0.25, -0.2) is 14.8 Å². The second kappa shape index (κ2) is 13.9. The van der Waals surface area contributed by atoms with Gasteiger partial charge in [0.15, 0.2) is 0 Å². The van der Waals surface area contributed by atoms with Gasteiger partial charge in [0.05, 0.1) is 28.6 Å². The fourth-order valence-electron chi connectivity index (χ4n) is 6.25. The summed E-state index contributed by atoms with van der Waals surface area (Å²) in [7, 11) is 0. The lowest BCUT2D eigenvalue weighted by molar-refractivity contribution is -0.127. The molecule has 1 amide bonds.